The van der Waals surface area contributed by atoms with E-state index in [0.29, 0.717) is 11.3 Å². The lowest BCUT2D eigenvalue weighted by Crippen LogP contribution is -2.41. The first-order chi connectivity index (χ1) is 14.4. The molecular weight excluding hydrogens is 384 g/mol. The van der Waals surface area contributed by atoms with Gasteiger partial charge in [-0.15, -0.1) is 0 Å². The molecule has 0 saturated heterocycles. The molecule has 158 valence electrons. The molecule has 0 fully saturated rings. The maximum atomic E-state index is 12.0. The van der Waals surface area contributed by atoms with Gasteiger partial charge in [-0.05, 0) is 67.8 Å². The van der Waals surface area contributed by atoms with Crippen molar-refractivity contribution in [3.05, 3.63) is 59.7 Å². The van der Waals surface area contributed by atoms with Crippen LogP contribution in [0.2, 0.25) is 0 Å². The lowest BCUT2D eigenvalue weighted by molar-refractivity contribution is -0.139. The Labute approximate surface area is 175 Å². The van der Waals surface area contributed by atoms with Gasteiger partial charge in [0.25, 0.3) is 5.91 Å². The first-order valence-electron chi connectivity index (χ1n) is 9.63. The molecule has 30 heavy (non-hydrogen) atoms. The van der Waals surface area contributed by atoms with Crippen LogP contribution in [0.5, 0.6) is 5.75 Å². The van der Waals surface area contributed by atoms with Crippen LogP contribution in [0.4, 0.5) is 5.69 Å². The third-order valence-corrected chi connectivity index (χ3v) is 3.90. The van der Waals surface area contributed by atoms with E-state index in [4.69, 9.17) is 4.74 Å². The fourth-order valence-electron chi connectivity index (χ4n) is 2.36. The van der Waals surface area contributed by atoms with Gasteiger partial charge in [-0.25, -0.2) is 5.43 Å². The monoisotopic (exact) mass is 410 g/mol. The van der Waals surface area contributed by atoms with Gasteiger partial charge in [-0.3, -0.25) is 14.4 Å². The smallest absolute Gasteiger partial charge is 0.329 e. The van der Waals surface area contributed by atoms with E-state index < -0.39 is 11.8 Å². The molecule has 2 aromatic carbocycles. The molecule has 0 unspecified atom stereocenters. The zero-order chi connectivity index (χ0) is 21.9. The molecule has 0 bridgehead atoms. The highest BCUT2D eigenvalue weighted by atomic mass is 16.5. The van der Waals surface area contributed by atoms with Crippen LogP contribution in [-0.2, 0) is 20.8 Å². The van der Waals surface area contributed by atoms with Gasteiger partial charge in [0.1, 0.15) is 5.75 Å². The number of carbonyl (C=O) groups is 3. The quantitative estimate of drug-likeness (QED) is 0.352. The van der Waals surface area contributed by atoms with Gasteiger partial charge in [-0.2, -0.15) is 5.10 Å². The second-order valence-corrected chi connectivity index (χ2v) is 6.78. The number of hydrogen-bond donors (Lipinski definition) is 3. The molecule has 3 amide bonds. The van der Waals surface area contributed by atoms with E-state index in [1.807, 2.05) is 24.3 Å². The van der Waals surface area contributed by atoms with E-state index in [1.165, 1.54) is 11.8 Å². The minimum atomic E-state index is -0.838. The maximum Gasteiger partial charge on any atom is 0.329 e. The zero-order valence-corrected chi connectivity index (χ0v) is 17.3. The van der Waals surface area contributed by atoms with Crippen LogP contribution in [0.25, 0.3) is 0 Å². The van der Waals surface area contributed by atoms with Crippen LogP contribution in [0, 0.1) is 0 Å². The third-order valence-electron chi connectivity index (χ3n) is 3.90. The van der Waals surface area contributed by atoms with Crippen molar-refractivity contribution < 1.29 is 19.1 Å². The third kappa shape index (κ3) is 7.75. The van der Waals surface area contributed by atoms with Crippen LogP contribution in [-0.4, -0.2) is 36.6 Å². The van der Waals surface area contributed by atoms with Crippen LogP contribution in [0.3, 0.4) is 0 Å². The highest BCUT2D eigenvalue weighted by Crippen LogP contribution is 2.12. The molecule has 0 aliphatic heterocycles. The summed E-state index contributed by atoms with van der Waals surface area (Å²) >= 11 is 0. The van der Waals surface area contributed by atoms with Crippen LogP contribution < -0.4 is 20.8 Å². The van der Waals surface area contributed by atoms with E-state index in [1.54, 1.807) is 38.1 Å². The maximum absolute atomic E-state index is 12.0. The van der Waals surface area contributed by atoms with Crippen molar-refractivity contribution in [2.75, 3.05) is 11.9 Å². The Hall–Kier alpha value is -3.68. The Morgan fingerprint density at radius 3 is 2.27 bits per heavy atom. The molecule has 8 nitrogen and oxygen atoms in total. The number of hydrazone groups is 1. The summed E-state index contributed by atoms with van der Waals surface area (Å²) in [5.74, 6) is -1.32. The Morgan fingerprint density at radius 2 is 1.67 bits per heavy atom. The second-order valence-electron chi connectivity index (χ2n) is 6.78. The molecule has 2 aromatic rings. The molecular formula is C22H26N4O4. The van der Waals surface area contributed by atoms with Gasteiger partial charge in [0.15, 0.2) is 6.61 Å². The topological polar surface area (TPSA) is 109 Å². The van der Waals surface area contributed by atoms with Gasteiger partial charge in [0, 0.05) is 11.7 Å². The number of nitrogens with one attached hydrogen (secondary N) is 3. The first kappa shape index (κ1) is 22.6. The highest BCUT2D eigenvalue weighted by Gasteiger charge is 2.12. The van der Waals surface area contributed by atoms with E-state index in [2.05, 4.69) is 28.1 Å². The molecule has 0 atom stereocenters. The predicted octanol–water partition coefficient (Wildman–Crippen LogP) is 2.24. The van der Waals surface area contributed by atoms with E-state index in [0.717, 1.165) is 12.1 Å². The summed E-state index contributed by atoms with van der Waals surface area (Å²) in [6.07, 6.45) is 2.34. The van der Waals surface area contributed by atoms with E-state index in [-0.39, 0.29) is 18.6 Å². The number of nitrogens with zero attached hydrogens (tertiary/aromatic N) is 1. The lowest BCUT2D eigenvalue weighted by Gasteiger charge is -2.08. The van der Waals surface area contributed by atoms with Crippen molar-refractivity contribution >= 4 is 29.6 Å². The summed E-state index contributed by atoms with van der Waals surface area (Å²) in [6, 6.07) is 14.3. The minimum Gasteiger partial charge on any atom is -0.484 e. The van der Waals surface area contributed by atoms with Crippen molar-refractivity contribution in [1.29, 1.82) is 0 Å². The van der Waals surface area contributed by atoms with Gasteiger partial charge in [0.2, 0.25) is 0 Å². The number of aryl methyl sites for hydroxylation is 1. The number of hydrogen-bond acceptors (Lipinski definition) is 5. The number of amides is 3. The summed E-state index contributed by atoms with van der Waals surface area (Å²) in [7, 11) is 0. The van der Waals surface area contributed by atoms with Crippen molar-refractivity contribution in [3.8, 4) is 5.75 Å². The largest absolute Gasteiger partial charge is 0.484 e. The Bertz CT molecular complexity index is 890. The molecule has 0 heterocycles. The van der Waals surface area contributed by atoms with Gasteiger partial charge in [-0.1, -0.05) is 19.1 Å². The zero-order valence-electron chi connectivity index (χ0n) is 17.3. The summed E-state index contributed by atoms with van der Waals surface area (Å²) in [5.41, 5.74) is 4.76. The van der Waals surface area contributed by atoms with Gasteiger partial charge in [0.05, 0.1) is 6.21 Å². The number of ether oxygens (including phenoxy) is 1. The SMILES string of the molecule is CCc1ccc(NC(=O)COc2ccc(/C=N\NC(=O)C(=O)NC(C)C)cc2)cc1. The fourth-order valence-corrected chi connectivity index (χ4v) is 2.36. The normalized spacial score (nSPS) is 10.7. The minimum absolute atomic E-state index is 0.121. The summed E-state index contributed by atoms with van der Waals surface area (Å²) in [4.78, 5) is 35.0. The average molecular weight is 410 g/mol. The Kier molecular flexibility index (Phi) is 8.56. The average Bonchev–Trinajstić information content (AvgIpc) is 2.73. The van der Waals surface area contributed by atoms with Crippen LogP contribution in [0.15, 0.2) is 53.6 Å². The molecule has 3 N–H and O–H groups in total. The standard InChI is InChI=1S/C22H26N4O4/c1-4-16-5-9-18(10-6-16)25-20(27)14-30-19-11-7-17(8-12-19)13-23-26-22(29)21(28)24-15(2)3/h5-13,15H,4,14H2,1-3H3,(H,24,28)(H,25,27)(H,26,29)/b23-13-. The summed E-state index contributed by atoms with van der Waals surface area (Å²) in [5, 5.41) is 8.99. The van der Waals surface area contributed by atoms with Crippen molar-refractivity contribution in [2.24, 2.45) is 5.10 Å². The fraction of sp³-hybridized carbons (Fsp3) is 0.273. The first-order valence-corrected chi connectivity index (χ1v) is 9.63. The molecule has 2 rings (SSSR count). The van der Waals surface area contributed by atoms with Gasteiger partial charge >= 0.3 is 11.8 Å². The van der Waals surface area contributed by atoms with Gasteiger partial charge < -0.3 is 15.4 Å². The molecule has 0 radical (unpaired) electrons. The van der Waals surface area contributed by atoms with E-state index >= 15 is 0 Å². The number of benzene rings is 2. The number of rotatable bonds is 8. The highest BCUT2D eigenvalue weighted by molar-refractivity contribution is 6.35. The van der Waals surface area contributed by atoms with Crippen LogP contribution >= 0.6 is 0 Å². The number of carbonyl (C=O) groups excluding carboxylic acids is 3. The second kappa shape index (κ2) is 11.4. The molecule has 0 aromatic heterocycles. The molecule has 0 aliphatic rings. The molecule has 0 spiro atoms. The molecule has 0 saturated carbocycles. The Morgan fingerprint density at radius 1 is 1.00 bits per heavy atom. The Balaban J connectivity index is 1.77. The summed E-state index contributed by atoms with van der Waals surface area (Å²) in [6.45, 7) is 5.46. The summed E-state index contributed by atoms with van der Waals surface area (Å²) < 4.78 is 5.47. The predicted molar refractivity (Wildman–Crippen MR) is 115 cm³/mol. The van der Waals surface area contributed by atoms with E-state index in [9.17, 15) is 14.4 Å². The van der Waals surface area contributed by atoms with Crippen LogP contribution in [0.1, 0.15) is 31.9 Å². The molecule has 8 heteroatoms. The molecule has 0 aliphatic carbocycles. The lowest BCUT2D eigenvalue weighted by atomic mass is 10.1. The van der Waals surface area contributed by atoms with Crippen molar-refractivity contribution in [1.82, 2.24) is 10.7 Å². The number of anilines is 1. The van der Waals surface area contributed by atoms with Crippen molar-refractivity contribution in [2.45, 2.75) is 33.2 Å². The van der Waals surface area contributed by atoms with Crippen molar-refractivity contribution in [3.63, 3.8) is 0 Å².